The van der Waals surface area contributed by atoms with Crippen LogP contribution in [0.3, 0.4) is 0 Å². The van der Waals surface area contributed by atoms with Gasteiger partial charge in [0.2, 0.25) is 0 Å². The Morgan fingerprint density at radius 3 is 2.29 bits per heavy atom. The van der Waals surface area contributed by atoms with Gasteiger partial charge in [0.25, 0.3) is 6.47 Å². The van der Waals surface area contributed by atoms with Crippen LogP contribution in [0.4, 0.5) is 0 Å². The van der Waals surface area contributed by atoms with Gasteiger partial charge < -0.3 is 14.9 Å². The van der Waals surface area contributed by atoms with Gasteiger partial charge in [-0.1, -0.05) is 32.3 Å². The van der Waals surface area contributed by atoms with Crippen LogP contribution >= 0.6 is 0 Å². The van der Waals surface area contributed by atoms with Crippen LogP contribution in [-0.4, -0.2) is 22.3 Å². The monoisotopic (exact) mass is 388 g/mol. The second kappa shape index (κ2) is 9.19. The Morgan fingerprint density at radius 1 is 0.929 bits per heavy atom. The van der Waals surface area contributed by atoms with E-state index in [4.69, 9.17) is 4.74 Å². The first kappa shape index (κ1) is 21.0. The third-order valence-corrected chi connectivity index (χ3v) is 6.84. The van der Waals surface area contributed by atoms with Crippen LogP contribution in [0.15, 0.2) is 12.1 Å². The summed E-state index contributed by atoms with van der Waals surface area (Å²) >= 11 is 0. The van der Waals surface area contributed by atoms with Gasteiger partial charge in [0.1, 0.15) is 17.1 Å². The number of benzene rings is 1. The van der Waals surface area contributed by atoms with Crippen molar-refractivity contribution in [3.8, 4) is 11.5 Å². The minimum Gasteiger partial charge on any atom is -0.508 e. The lowest BCUT2D eigenvalue weighted by Gasteiger charge is -2.14. The van der Waals surface area contributed by atoms with Crippen LogP contribution in [0.25, 0.3) is 0 Å². The summed E-state index contributed by atoms with van der Waals surface area (Å²) < 4.78 is 5.18. The molecule has 0 aromatic heterocycles. The van der Waals surface area contributed by atoms with Gasteiger partial charge >= 0.3 is 0 Å². The van der Waals surface area contributed by atoms with Crippen molar-refractivity contribution in [1.29, 1.82) is 0 Å². The van der Waals surface area contributed by atoms with Crippen molar-refractivity contribution >= 4 is 6.47 Å². The quantitative estimate of drug-likeness (QED) is 0.312. The van der Waals surface area contributed by atoms with Crippen LogP contribution < -0.4 is 0 Å². The Kier molecular flexibility index (Phi) is 6.90. The zero-order valence-corrected chi connectivity index (χ0v) is 17.3. The molecule has 4 nitrogen and oxygen atoms in total. The first-order chi connectivity index (χ1) is 13.5. The van der Waals surface area contributed by atoms with E-state index in [1.54, 1.807) is 6.07 Å². The fourth-order valence-electron chi connectivity index (χ4n) is 4.22. The standard InChI is InChI=1S/C24H36O4/c1-23(14-15-23)12-6-3-2-4-9-20-21(26)11-10-19(22(20)27)8-5-7-13-24(16-17-24)28-18-25/h10-11,18,26-27H,2-9,12-17H2,1H3. The largest absolute Gasteiger partial charge is 0.508 e. The average Bonchev–Trinajstić information content (AvgIpc) is 3.59. The lowest BCUT2D eigenvalue weighted by molar-refractivity contribution is -0.135. The van der Waals surface area contributed by atoms with Gasteiger partial charge in [0.05, 0.1) is 0 Å². The molecule has 1 aromatic rings. The van der Waals surface area contributed by atoms with Gasteiger partial charge in [0.15, 0.2) is 0 Å². The summed E-state index contributed by atoms with van der Waals surface area (Å²) in [6, 6.07) is 3.55. The summed E-state index contributed by atoms with van der Waals surface area (Å²) in [6.45, 7) is 2.95. The molecule has 2 fully saturated rings. The number of carbonyl (C=O) groups is 1. The summed E-state index contributed by atoms with van der Waals surface area (Å²) in [4.78, 5) is 10.5. The van der Waals surface area contributed by atoms with E-state index in [0.29, 0.717) is 17.5 Å². The maximum absolute atomic E-state index is 10.6. The fourth-order valence-corrected chi connectivity index (χ4v) is 4.22. The normalized spacial score (nSPS) is 18.6. The molecule has 0 atom stereocenters. The predicted octanol–water partition coefficient (Wildman–Crippen LogP) is 5.81. The molecule has 0 radical (unpaired) electrons. The molecule has 28 heavy (non-hydrogen) atoms. The SMILES string of the molecule is CC1(CCCCCCc2c(O)ccc(CCCCC3(OC=O)CC3)c2O)CC1. The highest BCUT2D eigenvalue weighted by Crippen LogP contribution is 2.49. The topological polar surface area (TPSA) is 66.8 Å². The van der Waals surface area contributed by atoms with Crippen molar-refractivity contribution in [3.05, 3.63) is 23.3 Å². The van der Waals surface area contributed by atoms with Crippen LogP contribution in [0.2, 0.25) is 0 Å². The number of ether oxygens (including phenoxy) is 1. The lowest BCUT2D eigenvalue weighted by Crippen LogP contribution is -2.12. The number of hydrogen-bond acceptors (Lipinski definition) is 4. The molecular weight excluding hydrogens is 352 g/mol. The molecule has 0 amide bonds. The smallest absolute Gasteiger partial charge is 0.293 e. The van der Waals surface area contributed by atoms with E-state index in [-0.39, 0.29) is 17.1 Å². The predicted molar refractivity (Wildman–Crippen MR) is 111 cm³/mol. The van der Waals surface area contributed by atoms with E-state index in [2.05, 4.69) is 6.92 Å². The van der Waals surface area contributed by atoms with E-state index >= 15 is 0 Å². The zero-order chi connectivity index (χ0) is 20.0. The lowest BCUT2D eigenvalue weighted by atomic mass is 9.96. The molecule has 0 spiro atoms. The van der Waals surface area contributed by atoms with Gasteiger partial charge in [-0.15, -0.1) is 0 Å². The molecule has 0 heterocycles. The van der Waals surface area contributed by atoms with Crippen LogP contribution in [-0.2, 0) is 22.4 Å². The summed E-state index contributed by atoms with van der Waals surface area (Å²) in [7, 11) is 0. The van der Waals surface area contributed by atoms with Crippen LogP contribution in [0, 0.1) is 5.41 Å². The maximum atomic E-state index is 10.6. The summed E-state index contributed by atoms with van der Waals surface area (Å²) in [6.07, 6.45) is 15.1. The molecule has 4 heteroatoms. The van der Waals surface area contributed by atoms with Gasteiger partial charge in [-0.05, 0) is 87.7 Å². The highest BCUT2D eigenvalue weighted by molar-refractivity contribution is 5.48. The second-order valence-electron chi connectivity index (χ2n) is 9.40. The van der Waals surface area contributed by atoms with E-state index in [1.807, 2.05) is 6.07 Å². The molecule has 156 valence electrons. The Morgan fingerprint density at radius 2 is 1.61 bits per heavy atom. The Balaban J connectivity index is 1.39. The second-order valence-corrected chi connectivity index (χ2v) is 9.40. The van der Waals surface area contributed by atoms with E-state index in [0.717, 1.165) is 63.4 Å². The number of carbonyl (C=O) groups excluding carboxylic acids is 1. The minimum atomic E-state index is -0.194. The van der Waals surface area contributed by atoms with Crippen molar-refractivity contribution in [1.82, 2.24) is 0 Å². The van der Waals surface area contributed by atoms with Crippen molar-refractivity contribution in [2.24, 2.45) is 5.41 Å². The molecule has 2 saturated carbocycles. The molecule has 0 bridgehead atoms. The first-order valence-corrected chi connectivity index (χ1v) is 11.1. The van der Waals surface area contributed by atoms with E-state index < -0.39 is 0 Å². The van der Waals surface area contributed by atoms with Gasteiger partial charge in [-0.2, -0.15) is 0 Å². The van der Waals surface area contributed by atoms with Crippen molar-refractivity contribution in [2.75, 3.05) is 0 Å². The van der Waals surface area contributed by atoms with Crippen molar-refractivity contribution in [2.45, 2.75) is 102 Å². The Bertz CT molecular complexity index is 659. The number of aromatic hydroxyl groups is 2. The van der Waals surface area contributed by atoms with Crippen LogP contribution in [0.5, 0.6) is 11.5 Å². The van der Waals surface area contributed by atoms with E-state index in [1.165, 1.54) is 32.1 Å². The summed E-state index contributed by atoms with van der Waals surface area (Å²) in [5.41, 5.74) is 2.06. The maximum Gasteiger partial charge on any atom is 0.293 e. The number of unbranched alkanes of at least 4 members (excludes halogenated alkanes) is 4. The molecule has 0 unspecified atom stereocenters. The number of phenolic OH excluding ortho intramolecular Hbond substituents is 2. The molecule has 2 aliphatic rings. The van der Waals surface area contributed by atoms with Crippen LogP contribution in [0.1, 0.15) is 95.1 Å². The minimum absolute atomic E-state index is 0.194. The first-order valence-electron chi connectivity index (χ1n) is 11.1. The van der Waals surface area contributed by atoms with Gasteiger partial charge in [-0.3, -0.25) is 4.79 Å². The van der Waals surface area contributed by atoms with Gasteiger partial charge in [0, 0.05) is 5.56 Å². The molecule has 2 aliphatic carbocycles. The summed E-state index contributed by atoms with van der Waals surface area (Å²) in [5, 5.41) is 20.8. The average molecular weight is 389 g/mol. The number of rotatable bonds is 14. The third kappa shape index (κ3) is 5.89. The Hall–Kier alpha value is -1.71. The summed E-state index contributed by atoms with van der Waals surface area (Å²) in [5.74, 6) is 0.485. The molecule has 1 aromatic carbocycles. The van der Waals surface area contributed by atoms with Crippen molar-refractivity contribution in [3.63, 3.8) is 0 Å². The zero-order valence-electron chi connectivity index (χ0n) is 17.3. The highest BCUT2D eigenvalue weighted by Gasteiger charge is 2.44. The number of aryl methyl sites for hydroxylation is 1. The fraction of sp³-hybridized carbons (Fsp3) is 0.708. The molecule has 2 N–H and O–H groups in total. The Labute approximate surface area is 169 Å². The highest BCUT2D eigenvalue weighted by atomic mass is 16.5. The molecule has 3 rings (SSSR count). The third-order valence-electron chi connectivity index (χ3n) is 6.84. The van der Waals surface area contributed by atoms with Crippen molar-refractivity contribution < 1.29 is 19.7 Å². The number of phenols is 2. The van der Waals surface area contributed by atoms with Gasteiger partial charge in [-0.25, -0.2) is 0 Å². The van der Waals surface area contributed by atoms with E-state index in [9.17, 15) is 15.0 Å². The number of hydrogen-bond donors (Lipinski definition) is 2. The molecule has 0 aliphatic heterocycles. The molecular formula is C24H36O4. The molecule has 0 saturated heterocycles.